The van der Waals surface area contributed by atoms with Crippen LogP contribution in [0.4, 0.5) is 5.82 Å². The van der Waals surface area contributed by atoms with Gasteiger partial charge < -0.3 is 20.3 Å². The minimum atomic E-state index is -1.11. The first-order chi connectivity index (χ1) is 9.56. The molecule has 20 heavy (non-hydrogen) atoms. The standard InChI is InChI=1S/C14H14N2O4/c1-19-11-4-3-8(6-12(11)20-2)9-5-10(14(17)18)13(15)16-7-9/h3-7H,1-2H3,(H2,15,16)(H,17,18). The average molecular weight is 274 g/mol. The second-order valence-corrected chi connectivity index (χ2v) is 4.03. The van der Waals surface area contributed by atoms with E-state index in [0.717, 1.165) is 5.56 Å². The number of ether oxygens (including phenoxy) is 2. The lowest BCUT2D eigenvalue weighted by atomic mass is 10.0. The number of nitrogens with zero attached hydrogens (tertiary/aromatic N) is 1. The van der Waals surface area contributed by atoms with Gasteiger partial charge in [-0.2, -0.15) is 0 Å². The molecular weight excluding hydrogens is 260 g/mol. The van der Waals surface area contributed by atoms with Crippen molar-refractivity contribution in [3.63, 3.8) is 0 Å². The number of nitrogen functional groups attached to an aromatic ring is 1. The number of hydrogen-bond acceptors (Lipinski definition) is 5. The molecule has 0 saturated heterocycles. The maximum absolute atomic E-state index is 11.1. The zero-order chi connectivity index (χ0) is 14.7. The first kappa shape index (κ1) is 13.7. The molecule has 0 aliphatic carbocycles. The molecule has 0 unspecified atom stereocenters. The van der Waals surface area contributed by atoms with Crippen LogP contribution in [-0.2, 0) is 0 Å². The molecule has 0 atom stereocenters. The maximum Gasteiger partial charge on any atom is 0.339 e. The molecule has 0 aliphatic rings. The molecule has 1 aromatic heterocycles. The van der Waals surface area contributed by atoms with E-state index in [-0.39, 0.29) is 11.4 Å². The van der Waals surface area contributed by atoms with Gasteiger partial charge in [0.1, 0.15) is 11.4 Å². The molecule has 3 N–H and O–H groups in total. The van der Waals surface area contributed by atoms with E-state index in [1.807, 2.05) is 0 Å². The summed E-state index contributed by atoms with van der Waals surface area (Å²) >= 11 is 0. The van der Waals surface area contributed by atoms with Crippen LogP contribution in [0.5, 0.6) is 11.5 Å². The summed E-state index contributed by atoms with van der Waals surface area (Å²) in [4.78, 5) is 15.0. The van der Waals surface area contributed by atoms with E-state index in [4.69, 9.17) is 20.3 Å². The molecule has 0 fully saturated rings. The number of pyridine rings is 1. The molecule has 104 valence electrons. The van der Waals surface area contributed by atoms with Crippen LogP contribution in [-0.4, -0.2) is 30.3 Å². The van der Waals surface area contributed by atoms with Gasteiger partial charge in [-0.1, -0.05) is 6.07 Å². The largest absolute Gasteiger partial charge is 0.493 e. The topological polar surface area (TPSA) is 94.7 Å². The smallest absolute Gasteiger partial charge is 0.339 e. The Bertz CT molecular complexity index is 656. The zero-order valence-electron chi connectivity index (χ0n) is 11.1. The Balaban J connectivity index is 2.51. The summed E-state index contributed by atoms with van der Waals surface area (Å²) in [6, 6.07) is 6.76. The van der Waals surface area contributed by atoms with Crippen LogP contribution in [0.25, 0.3) is 11.1 Å². The van der Waals surface area contributed by atoms with Crippen LogP contribution in [0.2, 0.25) is 0 Å². The van der Waals surface area contributed by atoms with Gasteiger partial charge in [-0.3, -0.25) is 0 Å². The second kappa shape index (κ2) is 5.48. The summed E-state index contributed by atoms with van der Waals surface area (Å²) in [5.41, 5.74) is 6.90. The summed E-state index contributed by atoms with van der Waals surface area (Å²) in [5, 5.41) is 9.06. The Hall–Kier alpha value is -2.76. The molecule has 1 aromatic carbocycles. The molecular formula is C14H14N2O4. The third kappa shape index (κ3) is 2.49. The molecule has 0 saturated carbocycles. The average Bonchev–Trinajstić information content (AvgIpc) is 2.46. The van der Waals surface area contributed by atoms with Crippen molar-refractivity contribution in [2.75, 3.05) is 20.0 Å². The fraction of sp³-hybridized carbons (Fsp3) is 0.143. The lowest BCUT2D eigenvalue weighted by Crippen LogP contribution is -2.04. The number of carboxylic acids is 1. The third-order valence-electron chi connectivity index (χ3n) is 2.87. The molecule has 6 nitrogen and oxygen atoms in total. The van der Waals surface area contributed by atoms with Crippen LogP contribution in [0.3, 0.4) is 0 Å². The Morgan fingerprint density at radius 2 is 1.85 bits per heavy atom. The number of rotatable bonds is 4. The number of nitrogens with two attached hydrogens (primary N) is 1. The van der Waals surface area contributed by atoms with Gasteiger partial charge in [-0.05, 0) is 23.8 Å². The van der Waals surface area contributed by atoms with E-state index in [1.54, 1.807) is 25.3 Å². The minimum absolute atomic E-state index is 0.0123. The highest BCUT2D eigenvalue weighted by molar-refractivity contribution is 5.94. The maximum atomic E-state index is 11.1. The van der Waals surface area contributed by atoms with Crippen molar-refractivity contribution in [2.45, 2.75) is 0 Å². The van der Waals surface area contributed by atoms with Crippen LogP contribution < -0.4 is 15.2 Å². The number of carbonyl (C=O) groups is 1. The van der Waals surface area contributed by atoms with E-state index in [9.17, 15) is 4.79 Å². The van der Waals surface area contributed by atoms with Gasteiger partial charge in [0, 0.05) is 11.8 Å². The van der Waals surface area contributed by atoms with E-state index in [1.165, 1.54) is 19.4 Å². The summed E-state index contributed by atoms with van der Waals surface area (Å²) < 4.78 is 10.4. The number of methoxy groups -OCH3 is 2. The third-order valence-corrected chi connectivity index (χ3v) is 2.87. The Morgan fingerprint density at radius 1 is 1.15 bits per heavy atom. The Labute approximate surface area is 115 Å². The van der Waals surface area contributed by atoms with Crippen molar-refractivity contribution >= 4 is 11.8 Å². The molecule has 2 rings (SSSR count). The number of anilines is 1. The highest BCUT2D eigenvalue weighted by Gasteiger charge is 2.12. The number of aromatic nitrogens is 1. The van der Waals surface area contributed by atoms with Gasteiger partial charge in [0.2, 0.25) is 0 Å². The van der Waals surface area contributed by atoms with E-state index < -0.39 is 5.97 Å². The SMILES string of the molecule is COc1ccc(-c2cnc(N)c(C(=O)O)c2)cc1OC. The summed E-state index contributed by atoms with van der Waals surface area (Å²) in [6.45, 7) is 0. The van der Waals surface area contributed by atoms with Crippen molar-refractivity contribution in [3.8, 4) is 22.6 Å². The van der Waals surface area contributed by atoms with Gasteiger partial charge >= 0.3 is 5.97 Å². The van der Waals surface area contributed by atoms with Crippen LogP contribution >= 0.6 is 0 Å². The molecule has 6 heteroatoms. The fourth-order valence-electron chi connectivity index (χ4n) is 1.82. The van der Waals surface area contributed by atoms with Crippen LogP contribution in [0, 0.1) is 0 Å². The minimum Gasteiger partial charge on any atom is -0.493 e. The van der Waals surface area contributed by atoms with Gasteiger partial charge in [0.25, 0.3) is 0 Å². The summed E-state index contributed by atoms with van der Waals surface area (Å²) in [5.74, 6) is 0.0239. The van der Waals surface area contributed by atoms with Crippen LogP contribution in [0.15, 0.2) is 30.5 Å². The lowest BCUT2D eigenvalue weighted by molar-refractivity contribution is 0.0697. The first-order valence-electron chi connectivity index (χ1n) is 5.78. The van der Waals surface area contributed by atoms with Crippen molar-refractivity contribution < 1.29 is 19.4 Å². The molecule has 0 bridgehead atoms. The Morgan fingerprint density at radius 3 is 2.45 bits per heavy atom. The number of aromatic carboxylic acids is 1. The second-order valence-electron chi connectivity index (χ2n) is 4.03. The molecule has 2 aromatic rings. The molecule has 0 amide bonds. The highest BCUT2D eigenvalue weighted by Crippen LogP contribution is 2.32. The van der Waals surface area contributed by atoms with Gasteiger partial charge in [-0.25, -0.2) is 9.78 Å². The van der Waals surface area contributed by atoms with Gasteiger partial charge in [0.05, 0.1) is 14.2 Å². The molecule has 1 heterocycles. The van der Waals surface area contributed by atoms with Crippen molar-refractivity contribution in [2.24, 2.45) is 0 Å². The van der Waals surface area contributed by atoms with E-state index >= 15 is 0 Å². The van der Waals surface area contributed by atoms with E-state index in [2.05, 4.69) is 4.98 Å². The van der Waals surface area contributed by atoms with Crippen LogP contribution in [0.1, 0.15) is 10.4 Å². The number of hydrogen-bond donors (Lipinski definition) is 2. The molecule has 0 radical (unpaired) electrons. The number of benzene rings is 1. The van der Waals surface area contributed by atoms with Crippen molar-refractivity contribution in [1.29, 1.82) is 0 Å². The number of carboxylic acid groups (broad SMARTS) is 1. The van der Waals surface area contributed by atoms with E-state index in [0.29, 0.717) is 17.1 Å². The van der Waals surface area contributed by atoms with Gasteiger partial charge in [-0.15, -0.1) is 0 Å². The molecule has 0 spiro atoms. The summed E-state index contributed by atoms with van der Waals surface area (Å²) in [6.07, 6.45) is 1.52. The monoisotopic (exact) mass is 274 g/mol. The van der Waals surface area contributed by atoms with Gasteiger partial charge in [0.15, 0.2) is 11.5 Å². The lowest BCUT2D eigenvalue weighted by Gasteiger charge is -2.10. The fourth-order valence-corrected chi connectivity index (χ4v) is 1.82. The predicted octanol–water partition coefficient (Wildman–Crippen LogP) is 2.05. The normalized spacial score (nSPS) is 10.1. The zero-order valence-corrected chi connectivity index (χ0v) is 11.1. The Kier molecular flexibility index (Phi) is 3.74. The highest BCUT2D eigenvalue weighted by atomic mass is 16.5. The predicted molar refractivity (Wildman–Crippen MR) is 74.1 cm³/mol. The van der Waals surface area contributed by atoms with Crippen molar-refractivity contribution in [1.82, 2.24) is 4.98 Å². The molecule has 0 aliphatic heterocycles. The first-order valence-corrected chi connectivity index (χ1v) is 5.78. The summed E-state index contributed by atoms with van der Waals surface area (Å²) in [7, 11) is 3.08. The quantitative estimate of drug-likeness (QED) is 0.886. The van der Waals surface area contributed by atoms with Crippen molar-refractivity contribution in [3.05, 3.63) is 36.0 Å².